The number of carboxylic acids is 3. The number of likely N-dealkylation sites (tertiary alicyclic amines) is 1. The van der Waals surface area contributed by atoms with E-state index in [9.17, 15) is 29.4 Å². The molecule has 4 fully saturated rings. The van der Waals surface area contributed by atoms with Crippen molar-refractivity contribution in [2.24, 2.45) is 5.73 Å². The molecule has 460 valence electrons. The van der Waals surface area contributed by atoms with Gasteiger partial charge in [-0.05, 0) is 157 Å². The fourth-order valence-electron chi connectivity index (χ4n) is 10.4. The third-order valence-electron chi connectivity index (χ3n) is 15.2. The number of aryl methyl sites for hydroxylation is 3. The average Bonchev–Trinajstić information content (AvgIpc) is 2.27. The summed E-state index contributed by atoms with van der Waals surface area (Å²) < 4.78 is 0. The third-order valence-corrected chi connectivity index (χ3v) is 15.4. The van der Waals surface area contributed by atoms with E-state index in [0.717, 1.165) is 66.0 Å². The van der Waals surface area contributed by atoms with Gasteiger partial charge < -0.3 is 41.5 Å². The predicted octanol–water partition coefficient (Wildman–Crippen LogP) is 10.4. The number of carbonyl (C=O) groups excluding carboxylic acids is 1. The molecule has 21 heteroatoms. The van der Waals surface area contributed by atoms with Crippen molar-refractivity contribution >= 4 is 35.4 Å². The lowest BCUT2D eigenvalue weighted by molar-refractivity contribution is 0.0679. The summed E-state index contributed by atoms with van der Waals surface area (Å²) in [5.74, 6) is -1.07. The van der Waals surface area contributed by atoms with Crippen LogP contribution in [-0.4, -0.2) is 127 Å². The molecule has 4 aromatic heterocycles. The fraction of sp³-hybridized carbons (Fsp3) is 0.343. The molecule has 2 aliphatic carbocycles. The molecule has 4 aliphatic rings. The molecule has 0 radical (unpaired) electrons. The molecular weight excluding hydrogens is 1140 g/mol. The second-order valence-corrected chi connectivity index (χ2v) is 21.6. The van der Waals surface area contributed by atoms with Crippen molar-refractivity contribution in [1.29, 1.82) is 0 Å². The molecule has 0 spiro atoms. The van der Waals surface area contributed by atoms with E-state index < -0.39 is 17.9 Å². The molecule has 8 N–H and O–H groups in total. The number of benzene rings is 4. The first-order valence-corrected chi connectivity index (χ1v) is 29.9. The Labute approximate surface area is 517 Å². The summed E-state index contributed by atoms with van der Waals surface area (Å²) in [5, 5.41) is 48.8. The highest BCUT2D eigenvalue weighted by atomic mass is 35.5. The molecule has 2 aliphatic heterocycles. The molecule has 8 aromatic rings. The molecule has 6 heterocycles. The zero-order valence-corrected chi connectivity index (χ0v) is 50.7. The minimum Gasteiger partial charge on any atom is -0.476 e. The van der Waals surface area contributed by atoms with Crippen LogP contribution in [0.15, 0.2) is 135 Å². The first-order chi connectivity index (χ1) is 42.7. The standard InChI is InChI=1S/C27H29N3O2.C20H23NO.2C7H8N2O2.C5H3ClN2O2.CH5N/c1-2-22-14-28-15-26(29-22)27(32)30-12-11-20(16-30)23-10-9-19(13-21(23)17-31)25-6-4-3-5-24(25)18-7-8-18;22-13-17-11-15(7-8-18(17)16-9-10-21-12-16)20-4-2-1-3-19(20)14-5-6-14;2*1-2-5-3-8-4-6(9-5)7(10)11;6-4-2-7-1-3(8-4)5(9)10;1-2/h3-6,9-10,13-15,18,20,31H,2,7-8,11-12,16-17H2,1H3;1-4,7-8,11,14,16,21-22H,5-6,9-10,12-13H2;2*3-4H,2H2,1H3,(H,10,11);1-2H,(H,9,10);2H2,1H3. The van der Waals surface area contributed by atoms with Gasteiger partial charge in [-0.3, -0.25) is 24.7 Å². The summed E-state index contributed by atoms with van der Waals surface area (Å²) in [5.41, 5.74) is 19.4. The van der Waals surface area contributed by atoms with Crippen LogP contribution < -0.4 is 11.1 Å². The lowest BCUT2D eigenvalue weighted by Gasteiger charge is -2.19. The quantitative estimate of drug-likeness (QED) is 0.0502. The number of nitrogens with one attached hydrogen (secondary N) is 1. The molecule has 2 atom stereocenters. The van der Waals surface area contributed by atoms with Crippen molar-refractivity contribution in [2.75, 3.05) is 33.2 Å². The van der Waals surface area contributed by atoms with E-state index in [-0.39, 0.29) is 47.3 Å². The lowest BCUT2D eigenvalue weighted by atomic mass is 9.89. The number of hydrogen-bond acceptors (Lipinski definition) is 16. The summed E-state index contributed by atoms with van der Waals surface area (Å²) in [4.78, 5) is 76.5. The second kappa shape index (κ2) is 33.4. The highest BCUT2D eigenvalue weighted by Crippen LogP contribution is 2.46. The maximum atomic E-state index is 13.0. The van der Waals surface area contributed by atoms with Crippen LogP contribution in [0.4, 0.5) is 0 Å². The Hall–Kier alpha value is -8.79. The summed E-state index contributed by atoms with van der Waals surface area (Å²) in [6.07, 6.45) is 20.6. The zero-order chi connectivity index (χ0) is 63.1. The Morgan fingerprint density at radius 1 is 0.511 bits per heavy atom. The number of hydrogen-bond donors (Lipinski definition) is 7. The minimum absolute atomic E-state index is 0.00321. The van der Waals surface area contributed by atoms with Gasteiger partial charge >= 0.3 is 17.9 Å². The van der Waals surface area contributed by atoms with Gasteiger partial charge in [0.2, 0.25) is 0 Å². The number of halogens is 1. The largest absolute Gasteiger partial charge is 0.476 e. The Balaban J connectivity index is 0.000000170. The predicted molar refractivity (Wildman–Crippen MR) is 335 cm³/mol. The topological polar surface area (TPSA) is 314 Å². The number of carbonyl (C=O) groups is 4. The molecule has 2 unspecified atom stereocenters. The van der Waals surface area contributed by atoms with E-state index in [2.05, 4.69) is 136 Å². The van der Waals surface area contributed by atoms with E-state index in [1.807, 2.05) is 25.7 Å². The lowest BCUT2D eigenvalue weighted by Crippen LogP contribution is -2.29. The monoisotopic (exact) mass is 1210 g/mol. The smallest absolute Gasteiger partial charge is 0.356 e. The van der Waals surface area contributed by atoms with Crippen LogP contribution in [0.25, 0.3) is 22.3 Å². The number of nitrogens with zero attached hydrogens (tertiary/aromatic N) is 9. The van der Waals surface area contributed by atoms with Gasteiger partial charge in [0.1, 0.15) is 10.8 Å². The van der Waals surface area contributed by atoms with Gasteiger partial charge in [0.05, 0.1) is 61.3 Å². The van der Waals surface area contributed by atoms with Crippen molar-refractivity contribution in [3.05, 3.63) is 213 Å². The number of rotatable bonds is 15. The molecule has 2 saturated carbocycles. The number of amides is 1. The number of carboxylic acid groups (broad SMARTS) is 3. The van der Waals surface area contributed by atoms with Crippen LogP contribution in [0.1, 0.15) is 175 Å². The van der Waals surface area contributed by atoms with Crippen molar-refractivity contribution in [3.8, 4) is 22.3 Å². The van der Waals surface area contributed by atoms with Gasteiger partial charge in [-0.25, -0.2) is 34.3 Å². The van der Waals surface area contributed by atoms with Crippen LogP contribution in [0.5, 0.6) is 0 Å². The number of aromatic carboxylic acids is 3. The Morgan fingerprint density at radius 3 is 1.33 bits per heavy atom. The number of aromatic nitrogens is 8. The Bertz CT molecular complexity index is 3580. The Kier molecular flexibility index (Phi) is 25.3. The first kappa shape index (κ1) is 66.7. The highest BCUT2D eigenvalue weighted by Gasteiger charge is 2.32. The molecule has 88 heavy (non-hydrogen) atoms. The van der Waals surface area contributed by atoms with Gasteiger partial charge in [0.15, 0.2) is 17.1 Å². The fourth-order valence-corrected chi connectivity index (χ4v) is 10.5. The van der Waals surface area contributed by atoms with E-state index >= 15 is 0 Å². The van der Waals surface area contributed by atoms with Gasteiger partial charge in [0.25, 0.3) is 5.91 Å². The van der Waals surface area contributed by atoms with Crippen molar-refractivity contribution in [2.45, 2.75) is 115 Å². The number of nitrogens with two attached hydrogens (primary N) is 1. The van der Waals surface area contributed by atoms with Crippen LogP contribution in [0, 0.1) is 0 Å². The maximum absolute atomic E-state index is 13.0. The molecule has 20 nitrogen and oxygen atoms in total. The molecule has 12 rings (SSSR count). The minimum atomic E-state index is -1.13. The van der Waals surface area contributed by atoms with Crippen LogP contribution in [-0.2, 0) is 32.5 Å². The number of aliphatic hydroxyl groups excluding tert-OH is 2. The molecule has 4 aromatic carbocycles. The van der Waals surface area contributed by atoms with Gasteiger partial charge in [-0.15, -0.1) is 0 Å². The van der Waals surface area contributed by atoms with E-state index in [4.69, 9.17) is 26.9 Å². The Morgan fingerprint density at radius 2 is 0.932 bits per heavy atom. The summed E-state index contributed by atoms with van der Waals surface area (Å²) >= 11 is 5.35. The molecular formula is C67H76ClN11O9. The second-order valence-electron chi connectivity index (χ2n) is 21.2. The summed E-state index contributed by atoms with van der Waals surface area (Å²) in [6.45, 7) is 9.39. The average molecular weight is 1210 g/mol. The third kappa shape index (κ3) is 18.6. The van der Waals surface area contributed by atoms with Crippen LogP contribution in [0.3, 0.4) is 0 Å². The molecule has 2 saturated heterocycles. The normalized spacial score (nSPS) is 15.4. The zero-order valence-electron chi connectivity index (χ0n) is 50.0. The summed E-state index contributed by atoms with van der Waals surface area (Å²) in [7, 11) is 1.50. The van der Waals surface area contributed by atoms with Crippen molar-refractivity contribution in [1.82, 2.24) is 50.1 Å². The summed E-state index contributed by atoms with van der Waals surface area (Å²) in [6, 6.07) is 30.5. The number of aliphatic hydroxyl groups is 2. The highest BCUT2D eigenvalue weighted by molar-refractivity contribution is 6.29. The SMILES string of the molecule is CCc1cncc(C(=O)N2CCC(c3ccc(-c4ccccc4C4CC4)cc3CO)C2)n1.CCc1cncc(C(=O)O)n1.CCc1cncc(C(=O)O)n1.CN.O=C(O)c1cncc(Cl)n1.OCc1cc(-c2ccccc2C2CC2)ccc1C1CCNC1. The van der Waals surface area contributed by atoms with Crippen molar-refractivity contribution in [3.63, 3.8) is 0 Å². The van der Waals surface area contributed by atoms with Crippen LogP contribution >= 0.6 is 11.6 Å². The van der Waals surface area contributed by atoms with Gasteiger partial charge in [-0.1, -0.05) is 105 Å². The van der Waals surface area contributed by atoms with E-state index in [0.29, 0.717) is 54.8 Å². The van der Waals surface area contributed by atoms with E-state index in [1.54, 1.807) is 24.8 Å². The molecule has 0 bridgehead atoms. The van der Waals surface area contributed by atoms with Gasteiger partial charge in [-0.2, -0.15) is 0 Å². The maximum Gasteiger partial charge on any atom is 0.356 e. The van der Waals surface area contributed by atoms with E-state index in [1.165, 1.54) is 91.1 Å². The van der Waals surface area contributed by atoms with Crippen molar-refractivity contribution < 1.29 is 44.7 Å². The first-order valence-electron chi connectivity index (χ1n) is 29.6. The molecule has 1 amide bonds. The van der Waals surface area contributed by atoms with Gasteiger partial charge in [0, 0.05) is 44.1 Å². The van der Waals surface area contributed by atoms with Crippen LogP contribution in [0.2, 0.25) is 5.15 Å².